The van der Waals surface area contributed by atoms with Gasteiger partial charge >= 0.3 is 0 Å². The van der Waals surface area contributed by atoms with Gasteiger partial charge in [0.2, 0.25) is 0 Å². The highest BCUT2D eigenvalue weighted by atomic mass is 16.5. The molecule has 0 saturated carbocycles. The van der Waals surface area contributed by atoms with Crippen LogP contribution < -0.4 is 9.47 Å². The number of benzene rings is 2. The third-order valence-corrected chi connectivity index (χ3v) is 6.97. The van der Waals surface area contributed by atoms with Gasteiger partial charge < -0.3 is 29.5 Å². The number of aliphatic hydroxyl groups is 1. The van der Waals surface area contributed by atoms with Crippen LogP contribution in [-0.2, 0) is 15.0 Å². The number of hydrogen-bond donors (Lipinski definition) is 2. The molecule has 2 aromatic rings. The van der Waals surface area contributed by atoms with Gasteiger partial charge in [0.1, 0.15) is 11.5 Å². The summed E-state index contributed by atoms with van der Waals surface area (Å²) in [6.45, 7) is 14.8. The van der Waals surface area contributed by atoms with E-state index in [1.807, 2.05) is 34.6 Å². The molecule has 8 heteroatoms. The van der Waals surface area contributed by atoms with Crippen molar-refractivity contribution in [3.05, 3.63) is 58.7 Å². The number of nitrogens with zero attached hydrogens (tertiary/aromatic N) is 2. The van der Waals surface area contributed by atoms with Gasteiger partial charge in [-0.2, -0.15) is 0 Å². The van der Waals surface area contributed by atoms with Crippen LogP contribution in [-0.4, -0.2) is 71.6 Å². The average molecular weight is 525 g/mol. The number of Topliss-reactive ketones (excluding diaryl/α,β-unsaturated/α-hetero) is 1. The largest absolute Gasteiger partial charge is 0.507 e. The van der Waals surface area contributed by atoms with E-state index in [0.29, 0.717) is 36.6 Å². The maximum atomic E-state index is 13.5. The third-order valence-electron chi connectivity index (χ3n) is 6.97. The zero-order valence-corrected chi connectivity index (χ0v) is 23.5. The molecule has 1 aliphatic rings. The number of carbonyl (C=O) groups is 2. The topological polar surface area (TPSA) is 99.5 Å². The van der Waals surface area contributed by atoms with Crippen LogP contribution in [0.1, 0.15) is 64.3 Å². The van der Waals surface area contributed by atoms with Crippen LogP contribution in [0.2, 0.25) is 0 Å². The lowest BCUT2D eigenvalue weighted by molar-refractivity contribution is -0.140. The summed E-state index contributed by atoms with van der Waals surface area (Å²) in [6.07, 6.45) is 0. The number of rotatable bonds is 10. The summed E-state index contributed by atoms with van der Waals surface area (Å²) >= 11 is 0. The molecular weight excluding hydrogens is 484 g/mol. The lowest BCUT2D eigenvalue weighted by Crippen LogP contribution is -2.38. The van der Waals surface area contributed by atoms with Gasteiger partial charge in [-0.05, 0) is 61.3 Å². The minimum absolute atomic E-state index is 0.00714. The lowest BCUT2D eigenvalue weighted by atomic mass is 9.84. The zero-order valence-electron chi connectivity index (χ0n) is 23.5. The van der Waals surface area contributed by atoms with E-state index in [9.17, 15) is 19.8 Å². The fourth-order valence-electron chi connectivity index (χ4n) is 4.81. The predicted molar refractivity (Wildman–Crippen MR) is 148 cm³/mol. The van der Waals surface area contributed by atoms with Crippen molar-refractivity contribution >= 4 is 17.4 Å². The van der Waals surface area contributed by atoms with Gasteiger partial charge in [-0.15, -0.1) is 0 Å². The SMILES string of the molecule is CCOc1cc(C2/C(=C(\O)c3ccc(OC)c(C(C)(C)C)c3)C(=O)C(=O)N2CCN(CC)CC)ccc1O. The molecule has 1 amide bonds. The average Bonchev–Trinajstić information content (AvgIpc) is 3.14. The Hall–Kier alpha value is -3.52. The van der Waals surface area contributed by atoms with Crippen LogP contribution in [0, 0.1) is 0 Å². The normalized spacial score (nSPS) is 17.4. The molecule has 0 bridgehead atoms. The van der Waals surface area contributed by atoms with Crippen molar-refractivity contribution in [2.75, 3.05) is 39.9 Å². The smallest absolute Gasteiger partial charge is 0.295 e. The van der Waals surface area contributed by atoms with E-state index < -0.39 is 17.7 Å². The summed E-state index contributed by atoms with van der Waals surface area (Å²) in [7, 11) is 1.59. The number of hydrogen-bond acceptors (Lipinski definition) is 7. The molecule has 1 unspecified atom stereocenters. The summed E-state index contributed by atoms with van der Waals surface area (Å²) < 4.78 is 11.1. The Morgan fingerprint density at radius 1 is 1.03 bits per heavy atom. The molecule has 206 valence electrons. The molecule has 2 aromatic carbocycles. The first kappa shape index (κ1) is 29.0. The second-order valence-electron chi connectivity index (χ2n) is 10.3. The minimum Gasteiger partial charge on any atom is -0.507 e. The number of likely N-dealkylation sites (N-methyl/N-ethyl adjacent to an activating group) is 1. The second-order valence-corrected chi connectivity index (χ2v) is 10.3. The van der Waals surface area contributed by atoms with Crippen molar-refractivity contribution in [3.8, 4) is 17.2 Å². The second kappa shape index (κ2) is 11.9. The fourth-order valence-corrected chi connectivity index (χ4v) is 4.81. The summed E-state index contributed by atoms with van der Waals surface area (Å²) in [4.78, 5) is 30.5. The van der Waals surface area contributed by atoms with Gasteiger partial charge in [0.15, 0.2) is 11.5 Å². The number of ether oxygens (including phenoxy) is 2. The molecule has 1 aliphatic heterocycles. The summed E-state index contributed by atoms with van der Waals surface area (Å²) in [5.74, 6) is -0.784. The van der Waals surface area contributed by atoms with E-state index in [4.69, 9.17) is 9.47 Å². The maximum absolute atomic E-state index is 13.5. The van der Waals surface area contributed by atoms with Gasteiger partial charge in [0.05, 0.1) is 25.3 Å². The van der Waals surface area contributed by atoms with Crippen LogP contribution in [0.3, 0.4) is 0 Å². The molecule has 3 rings (SSSR count). The van der Waals surface area contributed by atoms with Gasteiger partial charge in [-0.25, -0.2) is 0 Å². The highest BCUT2D eigenvalue weighted by Gasteiger charge is 2.46. The van der Waals surface area contributed by atoms with E-state index >= 15 is 0 Å². The van der Waals surface area contributed by atoms with Gasteiger partial charge in [0, 0.05) is 24.2 Å². The highest BCUT2D eigenvalue weighted by Crippen LogP contribution is 2.42. The first-order chi connectivity index (χ1) is 18.0. The van der Waals surface area contributed by atoms with Crippen LogP contribution in [0.15, 0.2) is 42.0 Å². The number of phenols is 1. The molecule has 38 heavy (non-hydrogen) atoms. The fraction of sp³-hybridized carbons (Fsp3) is 0.467. The first-order valence-corrected chi connectivity index (χ1v) is 13.1. The number of amides is 1. The Bertz CT molecular complexity index is 1210. The summed E-state index contributed by atoms with van der Waals surface area (Å²) in [6, 6.07) is 9.17. The maximum Gasteiger partial charge on any atom is 0.295 e. The van der Waals surface area contributed by atoms with Gasteiger partial charge in [0.25, 0.3) is 11.7 Å². The Morgan fingerprint density at radius 2 is 1.71 bits per heavy atom. The van der Waals surface area contributed by atoms with Crippen LogP contribution in [0.4, 0.5) is 0 Å². The number of ketones is 1. The molecule has 1 heterocycles. The molecular formula is C30H40N2O6. The van der Waals surface area contributed by atoms with Crippen molar-refractivity contribution in [1.82, 2.24) is 9.80 Å². The number of carbonyl (C=O) groups excluding carboxylic acids is 2. The molecule has 1 atom stereocenters. The Kier molecular flexibility index (Phi) is 9.09. The Morgan fingerprint density at radius 3 is 2.29 bits per heavy atom. The molecule has 8 nitrogen and oxygen atoms in total. The number of aromatic hydroxyl groups is 1. The standard InChI is InChI=1S/C30H40N2O6/c1-8-31(9-2)15-16-32-26(19-11-13-22(33)24(18-19)38-10-3)25(28(35)29(32)36)27(34)20-12-14-23(37-7)21(17-20)30(4,5)6/h11-14,17-18,26,33-34H,8-10,15-16H2,1-7H3/b27-25+. The van der Waals surface area contributed by atoms with Crippen molar-refractivity contribution in [2.45, 2.75) is 53.0 Å². The quantitative estimate of drug-likeness (QED) is 0.260. The lowest BCUT2D eigenvalue weighted by Gasteiger charge is -2.28. The van der Waals surface area contributed by atoms with Crippen molar-refractivity contribution in [2.24, 2.45) is 0 Å². The van der Waals surface area contributed by atoms with Crippen LogP contribution in [0.5, 0.6) is 17.2 Å². The number of phenolic OH excluding ortho intramolecular Hbond substituents is 1. The number of aliphatic hydroxyl groups excluding tert-OH is 1. The van der Waals surface area contributed by atoms with Gasteiger partial charge in [-0.3, -0.25) is 9.59 Å². The van der Waals surface area contributed by atoms with E-state index in [2.05, 4.69) is 4.90 Å². The Balaban J connectivity index is 2.21. The van der Waals surface area contributed by atoms with E-state index in [-0.39, 0.29) is 28.2 Å². The zero-order chi connectivity index (χ0) is 28.2. The summed E-state index contributed by atoms with van der Waals surface area (Å²) in [5, 5.41) is 21.8. The highest BCUT2D eigenvalue weighted by molar-refractivity contribution is 6.46. The summed E-state index contributed by atoms with van der Waals surface area (Å²) in [5.41, 5.74) is 1.56. The molecule has 1 fully saturated rings. The Labute approximate surface area is 225 Å². The van der Waals surface area contributed by atoms with Crippen molar-refractivity contribution in [1.29, 1.82) is 0 Å². The first-order valence-electron chi connectivity index (χ1n) is 13.1. The van der Waals surface area contributed by atoms with E-state index in [1.165, 1.54) is 11.0 Å². The monoisotopic (exact) mass is 524 g/mol. The minimum atomic E-state index is -0.842. The van der Waals surface area contributed by atoms with Crippen molar-refractivity contribution < 1.29 is 29.3 Å². The van der Waals surface area contributed by atoms with Gasteiger partial charge in [-0.1, -0.05) is 40.7 Å². The molecule has 0 aromatic heterocycles. The van der Waals surface area contributed by atoms with Crippen LogP contribution >= 0.6 is 0 Å². The molecule has 1 saturated heterocycles. The van der Waals surface area contributed by atoms with E-state index in [1.54, 1.807) is 44.4 Å². The molecule has 0 radical (unpaired) electrons. The van der Waals surface area contributed by atoms with Crippen LogP contribution in [0.25, 0.3) is 5.76 Å². The molecule has 0 aliphatic carbocycles. The predicted octanol–water partition coefficient (Wildman–Crippen LogP) is 4.86. The molecule has 2 N–H and O–H groups in total. The molecule has 0 spiro atoms. The third kappa shape index (κ3) is 5.80. The van der Waals surface area contributed by atoms with E-state index in [0.717, 1.165) is 18.7 Å². The van der Waals surface area contributed by atoms with Crippen molar-refractivity contribution in [3.63, 3.8) is 0 Å². The number of likely N-dealkylation sites (tertiary alicyclic amines) is 1. The number of methoxy groups -OCH3 is 1.